The van der Waals surface area contributed by atoms with E-state index in [4.69, 9.17) is 0 Å². The average Bonchev–Trinajstić information content (AvgIpc) is 2.88. The van der Waals surface area contributed by atoms with Crippen molar-refractivity contribution in [3.05, 3.63) is 57.7 Å². The average molecular weight is 265 g/mol. The van der Waals surface area contributed by atoms with Crippen molar-refractivity contribution in [2.45, 2.75) is 6.54 Å². The minimum absolute atomic E-state index is 0.00778. The number of nitrogens with one attached hydrogen (secondary N) is 1. The van der Waals surface area contributed by atoms with E-state index < -0.39 is 22.3 Å². The largest absolute Gasteiger partial charge is 0.364 e. The molecule has 1 aromatic heterocycles. The second-order valence-electron chi connectivity index (χ2n) is 3.60. The summed E-state index contributed by atoms with van der Waals surface area (Å²) in [6.07, 6.45) is 1.35. The minimum Gasteiger partial charge on any atom is -0.364 e. The first kappa shape index (κ1) is 12.7. The van der Waals surface area contributed by atoms with Crippen LogP contribution < -0.4 is 5.32 Å². The van der Waals surface area contributed by atoms with Crippen LogP contribution in [0.25, 0.3) is 0 Å². The maximum absolute atomic E-state index is 13.3. The topological polar surface area (TPSA) is 98.3 Å². The highest BCUT2D eigenvalue weighted by atomic mass is 19.1. The number of nitro benzene ring substituents is 1. The Bertz CT molecular complexity index is 612. The lowest BCUT2D eigenvalue weighted by atomic mass is 10.2. The second-order valence-corrected chi connectivity index (χ2v) is 3.60. The molecular formula is C11H8FN3O4. The number of benzene rings is 1. The summed E-state index contributed by atoms with van der Waals surface area (Å²) in [6.45, 7) is 0.119. The molecule has 2 rings (SSSR count). The van der Waals surface area contributed by atoms with E-state index in [1.807, 2.05) is 0 Å². The third-order valence-electron chi connectivity index (χ3n) is 2.33. The third-order valence-corrected chi connectivity index (χ3v) is 2.33. The minimum atomic E-state index is -1.06. The van der Waals surface area contributed by atoms with Crippen LogP contribution in [0.4, 0.5) is 10.1 Å². The number of aromatic nitrogens is 1. The van der Waals surface area contributed by atoms with Gasteiger partial charge in [-0.2, -0.15) is 4.39 Å². The zero-order valence-electron chi connectivity index (χ0n) is 9.50. The molecule has 8 heteroatoms. The molecule has 0 saturated heterocycles. The monoisotopic (exact) mass is 265 g/mol. The molecule has 19 heavy (non-hydrogen) atoms. The molecule has 0 saturated carbocycles. The van der Waals surface area contributed by atoms with Gasteiger partial charge in [0.1, 0.15) is 12.0 Å². The van der Waals surface area contributed by atoms with Gasteiger partial charge >= 0.3 is 5.69 Å². The summed E-state index contributed by atoms with van der Waals surface area (Å²) in [5, 5.41) is 16.5. The van der Waals surface area contributed by atoms with Crippen molar-refractivity contribution in [3.8, 4) is 0 Å². The molecule has 0 unspecified atom stereocenters. The lowest BCUT2D eigenvalue weighted by Gasteiger charge is -2.03. The number of nitrogens with zero attached hydrogens (tertiary/aromatic N) is 2. The maximum Gasteiger partial charge on any atom is 0.304 e. The number of carbonyl (C=O) groups excluding carboxylic acids is 1. The fourth-order valence-electron chi connectivity index (χ4n) is 1.40. The number of halogens is 1. The smallest absolute Gasteiger partial charge is 0.304 e. The Labute approximate surface area is 106 Å². The molecule has 2 aromatic rings. The summed E-state index contributed by atoms with van der Waals surface area (Å²) in [5.41, 5.74) is -0.171. The number of hydrogen-bond donors (Lipinski definition) is 1. The molecular weight excluding hydrogens is 257 g/mol. The molecule has 1 heterocycles. The molecule has 0 aliphatic rings. The van der Waals surface area contributed by atoms with E-state index in [0.29, 0.717) is 5.69 Å². The summed E-state index contributed by atoms with van der Waals surface area (Å²) in [7, 11) is 0. The Morgan fingerprint density at radius 1 is 1.47 bits per heavy atom. The van der Waals surface area contributed by atoms with Gasteiger partial charge in [0.2, 0.25) is 5.82 Å². The molecule has 7 nitrogen and oxygen atoms in total. The van der Waals surface area contributed by atoms with Gasteiger partial charge in [0, 0.05) is 17.7 Å². The molecule has 1 N–H and O–H groups in total. The van der Waals surface area contributed by atoms with Gasteiger partial charge < -0.3 is 9.84 Å². The lowest BCUT2D eigenvalue weighted by Crippen LogP contribution is -2.23. The zero-order chi connectivity index (χ0) is 13.8. The molecule has 0 bridgehead atoms. The first-order valence-corrected chi connectivity index (χ1v) is 5.19. The Morgan fingerprint density at radius 3 is 2.84 bits per heavy atom. The molecule has 0 fully saturated rings. The van der Waals surface area contributed by atoms with E-state index in [1.165, 1.54) is 12.3 Å². The number of rotatable bonds is 4. The first-order valence-electron chi connectivity index (χ1n) is 5.19. The predicted octanol–water partition coefficient (Wildman–Crippen LogP) is 1.65. The van der Waals surface area contributed by atoms with Gasteiger partial charge in [0.15, 0.2) is 0 Å². The van der Waals surface area contributed by atoms with Gasteiger partial charge in [-0.25, -0.2) is 0 Å². The number of hydrogen-bond acceptors (Lipinski definition) is 5. The van der Waals surface area contributed by atoms with Gasteiger partial charge in [-0.3, -0.25) is 14.9 Å². The molecule has 0 aliphatic heterocycles. The van der Waals surface area contributed by atoms with Crippen LogP contribution in [0.5, 0.6) is 0 Å². The number of carbonyl (C=O) groups is 1. The van der Waals surface area contributed by atoms with E-state index in [0.717, 1.165) is 12.1 Å². The van der Waals surface area contributed by atoms with Crippen molar-refractivity contribution in [1.82, 2.24) is 10.5 Å². The highest BCUT2D eigenvalue weighted by molar-refractivity contribution is 5.94. The Kier molecular flexibility index (Phi) is 3.51. The van der Waals surface area contributed by atoms with Crippen molar-refractivity contribution in [2.24, 2.45) is 0 Å². The summed E-state index contributed by atoms with van der Waals surface area (Å²) in [5.74, 6) is -1.61. The number of nitro groups is 1. The Hall–Kier alpha value is -2.77. The van der Waals surface area contributed by atoms with Gasteiger partial charge in [-0.1, -0.05) is 5.16 Å². The van der Waals surface area contributed by atoms with Crippen molar-refractivity contribution >= 4 is 11.6 Å². The third kappa shape index (κ3) is 2.92. The van der Waals surface area contributed by atoms with Gasteiger partial charge in [-0.05, 0) is 12.1 Å². The van der Waals surface area contributed by atoms with Crippen LogP contribution in [0.15, 0.2) is 35.1 Å². The highest BCUT2D eigenvalue weighted by Crippen LogP contribution is 2.17. The second kappa shape index (κ2) is 5.25. The lowest BCUT2D eigenvalue weighted by molar-refractivity contribution is -0.387. The molecule has 98 valence electrons. The van der Waals surface area contributed by atoms with E-state index >= 15 is 0 Å². The van der Waals surface area contributed by atoms with Crippen molar-refractivity contribution in [1.29, 1.82) is 0 Å². The first-order chi connectivity index (χ1) is 9.08. The zero-order valence-corrected chi connectivity index (χ0v) is 9.50. The fraction of sp³-hybridized carbons (Fsp3) is 0.0909. The molecule has 0 spiro atoms. The number of amides is 1. The summed E-state index contributed by atoms with van der Waals surface area (Å²) >= 11 is 0. The molecule has 0 aliphatic carbocycles. The van der Waals surface area contributed by atoms with Crippen LogP contribution in [0.2, 0.25) is 0 Å². The van der Waals surface area contributed by atoms with Gasteiger partial charge in [0.25, 0.3) is 5.91 Å². The van der Waals surface area contributed by atoms with Crippen LogP contribution in [-0.2, 0) is 6.54 Å². The quantitative estimate of drug-likeness (QED) is 0.669. The summed E-state index contributed by atoms with van der Waals surface area (Å²) in [6, 6.07) is 4.51. The Morgan fingerprint density at radius 2 is 2.26 bits per heavy atom. The Balaban J connectivity index is 2.07. The van der Waals surface area contributed by atoms with E-state index in [-0.39, 0.29) is 12.1 Å². The normalized spacial score (nSPS) is 10.2. The van der Waals surface area contributed by atoms with Crippen molar-refractivity contribution < 1.29 is 18.6 Å². The molecule has 0 radical (unpaired) electrons. The van der Waals surface area contributed by atoms with E-state index in [2.05, 4.69) is 15.0 Å². The molecule has 0 atom stereocenters. The van der Waals surface area contributed by atoms with Crippen molar-refractivity contribution in [2.75, 3.05) is 0 Å². The van der Waals surface area contributed by atoms with Crippen LogP contribution >= 0.6 is 0 Å². The molecule has 1 aromatic carbocycles. The summed E-state index contributed by atoms with van der Waals surface area (Å²) < 4.78 is 17.9. The van der Waals surface area contributed by atoms with Crippen LogP contribution in [0, 0.1) is 15.9 Å². The van der Waals surface area contributed by atoms with Crippen LogP contribution in [-0.4, -0.2) is 16.0 Å². The highest BCUT2D eigenvalue weighted by Gasteiger charge is 2.16. The molecule has 1 amide bonds. The van der Waals surface area contributed by atoms with Gasteiger partial charge in [0.05, 0.1) is 11.5 Å². The van der Waals surface area contributed by atoms with Gasteiger partial charge in [-0.15, -0.1) is 0 Å². The predicted molar refractivity (Wildman–Crippen MR) is 60.7 cm³/mol. The van der Waals surface area contributed by atoms with E-state index in [1.54, 1.807) is 6.07 Å². The maximum atomic E-state index is 13.3. The van der Waals surface area contributed by atoms with Crippen molar-refractivity contribution in [3.63, 3.8) is 0 Å². The standard InChI is InChI=1S/C11H8FN3O4/c12-9-5-7(1-2-10(9)15(17)18)11(16)13-6-8-3-4-19-14-8/h1-5H,6H2,(H,13,16). The van der Waals surface area contributed by atoms with Crippen LogP contribution in [0.1, 0.15) is 16.1 Å². The summed E-state index contributed by atoms with van der Waals surface area (Å²) in [4.78, 5) is 21.2. The SMILES string of the molecule is O=C(NCc1ccon1)c1ccc([N+](=O)[O-])c(F)c1. The van der Waals surface area contributed by atoms with E-state index in [9.17, 15) is 19.3 Å². The fourth-order valence-corrected chi connectivity index (χ4v) is 1.40. The van der Waals surface area contributed by atoms with Crippen LogP contribution in [0.3, 0.4) is 0 Å².